The highest BCUT2D eigenvalue weighted by Crippen LogP contribution is 2.34. The highest BCUT2D eigenvalue weighted by Gasteiger charge is 2.26. The van der Waals surface area contributed by atoms with E-state index in [1.807, 2.05) is 0 Å². The lowest BCUT2D eigenvalue weighted by molar-refractivity contribution is 0.207. The molecule has 0 spiro atoms. The molecule has 0 atom stereocenters. The van der Waals surface area contributed by atoms with Gasteiger partial charge in [-0.25, -0.2) is 0 Å². The van der Waals surface area contributed by atoms with Crippen molar-refractivity contribution >= 4 is 0 Å². The van der Waals surface area contributed by atoms with Gasteiger partial charge in [-0.15, -0.1) is 6.58 Å². The molecule has 1 saturated carbocycles. The molecule has 0 amide bonds. The van der Waals surface area contributed by atoms with Crippen LogP contribution < -0.4 is 5.32 Å². The molecule has 1 rings (SSSR count). The Hall–Kier alpha value is -0.300. The summed E-state index contributed by atoms with van der Waals surface area (Å²) in [5.74, 6) is 0. The molecule has 0 aromatic carbocycles. The van der Waals surface area contributed by atoms with Crippen LogP contribution in [0, 0.1) is 5.41 Å². The predicted molar refractivity (Wildman–Crippen MR) is 63.5 cm³/mol. The van der Waals surface area contributed by atoms with Crippen LogP contribution in [0.3, 0.4) is 0 Å². The summed E-state index contributed by atoms with van der Waals surface area (Å²) < 4.78 is 0. The van der Waals surface area contributed by atoms with Gasteiger partial charge in [0.15, 0.2) is 0 Å². The Morgan fingerprint density at radius 2 is 1.93 bits per heavy atom. The smallest absolute Gasteiger partial charge is 0.00675 e. The molecule has 1 N–H and O–H groups in total. The second kappa shape index (κ2) is 4.97. The third kappa shape index (κ3) is 4.28. The number of hydrogen-bond donors (Lipinski definition) is 1. The molecule has 0 aromatic rings. The van der Waals surface area contributed by atoms with Crippen LogP contribution in [-0.4, -0.2) is 12.6 Å². The van der Waals surface area contributed by atoms with Crippen LogP contribution in [-0.2, 0) is 0 Å². The van der Waals surface area contributed by atoms with Crippen molar-refractivity contribution in [2.75, 3.05) is 6.54 Å². The summed E-state index contributed by atoms with van der Waals surface area (Å²) in [7, 11) is 0. The summed E-state index contributed by atoms with van der Waals surface area (Å²) >= 11 is 0. The first-order valence-electron chi connectivity index (χ1n) is 5.87. The van der Waals surface area contributed by atoms with E-state index in [4.69, 9.17) is 0 Å². The van der Waals surface area contributed by atoms with Gasteiger partial charge in [0.25, 0.3) is 0 Å². The Morgan fingerprint density at radius 1 is 1.36 bits per heavy atom. The first kappa shape index (κ1) is 11.8. The van der Waals surface area contributed by atoms with Gasteiger partial charge in [-0.05, 0) is 51.0 Å². The molecular formula is C13H25N. The van der Waals surface area contributed by atoms with Crippen LogP contribution >= 0.6 is 0 Å². The van der Waals surface area contributed by atoms with E-state index < -0.39 is 0 Å². The molecule has 0 aromatic heterocycles. The van der Waals surface area contributed by atoms with Crippen molar-refractivity contribution in [1.82, 2.24) is 5.32 Å². The summed E-state index contributed by atoms with van der Waals surface area (Å²) in [5.41, 5.74) is 1.88. The average molecular weight is 195 g/mol. The van der Waals surface area contributed by atoms with E-state index in [0.717, 1.165) is 19.0 Å². The molecule has 82 valence electrons. The van der Waals surface area contributed by atoms with Crippen molar-refractivity contribution in [3.05, 3.63) is 12.2 Å². The summed E-state index contributed by atoms with van der Waals surface area (Å²) in [6.45, 7) is 11.9. The van der Waals surface area contributed by atoms with Gasteiger partial charge >= 0.3 is 0 Å². The minimum absolute atomic E-state index is 0.590. The summed E-state index contributed by atoms with van der Waals surface area (Å²) in [6, 6.07) is 0.766. The van der Waals surface area contributed by atoms with Gasteiger partial charge in [-0.3, -0.25) is 0 Å². The molecule has 0 unspecified atom stereocenters. The Bertz CT molecular complexity index is 183. The average Bonchev–Trinajstić information content (AvgIpc) is 2.07. The summed E-state index contributed by atoms with van der Waals surface area (Å²) in [6.07, 6.45) is 6.57. The van der Waals surface area contributed by atoms with Crippen LogP contribution in [0.25, 0.3) is 0 Å². The molecule has 1 aliphatic carbocycles. The zero-order valence-corrected chi connectivity index (χ0v) is 10.0. The summed E-state index contributed by atoms with van der Waals surface area (Å²) in [5, 5.41) is 3.63. The lowest BCUT2D eigenvalue weighted by Gasteiger charge is -2.34. The predicted octanol–water partition coefficient (Wildman–Crippen LogP) is 3.51. The lowest BCUT2D eigenvalue weighted by Crippen LogP contribution is -2.36. The minimum atomic E-state index is 0.590. The minimum Gasteiger partial charge on any atom is -0.314 e. The maximum atomic E-state index is 3.92. The fourth-order valence-electron chi connectivity index (χ4n) is 2.09. The van der Waals surface area contributed by atoms with E-state index in [-0.39, 0.29) is 0 Å². The fourth-order valence-corrected chi connectivity index (χ4v) is 2.09. The van der Waals surface area contributed by atoms with Crippen molar-refractivity contribution in [2.24, 2.45) is 5.41 Å². The first-order valence-corrected chi connectivity index (χ1v) is 5.87. The van der Waals surface area contributed by atoms with E-state index in [1.54, 1.807) is 0 Å². The molecular weight excluding hydrogens is 170 g/mol. The topological polar surface area (TPSA) is 12.0 Å². The number of nitrogens with one attached hydrogen (secondary N) is 1. The molecule has 0 aliphatic heterocycles. The molecule has 0 heterocycles. The van der Waals surface area contributed by atoms with Crippen LogP contribution in [0.5, 0.6) is 0 Å². The molecule has 1 fully saturated rings. The van der Waals surface area contributed by atoms with Crippen molar-refractivity contribution < 1.29 is 0 Å². The van der Waals surface area contributed by atoms with Crippen molar-refractivity contribution in [3.63, 3.8) is 0 Å². The monoisotopic (exact) mass is 195 g/mol. The lowest BCUT2D eigenvalue weighted by atomic mass is 9.75. The van der Waals surface area contributed by atoms with E-state index in [0.29, 0.717) is 5.41 Å². The molecule has 0 bridgehead atoms. The molecule has 1 heteroatoms. The standard InChI is InChI=1S/C13H25N/c1-11(2)7-10-14-12-5-8-13(3,4)9-6-12/h12,14H,1,5-10H2,2-4H3. The number of hydrogen-bond acceptors (Lipinski definition) is 1. The van der Waals surface area contributed by atoms with Gasteiger partial charge in [0, 0.05) is 6.04 Å². The third-order valence-corrected chi connectivity index (χ3v) is 3.32. The van der Waals surface area contributed by atoms with E-state index in [2.05, 4.69) is 32.7 Å². The zero-order valence-electron chi connectivity index (χ0n) is 10.0. The Kier molecular flexibility index (Phi) is 4.18. The van der Waals surface area contributed by atoms with Gasteiger partial charge in [-0.1, -0.05) is 19.4 Å². The largest absolute Gasteiger partial charge is 0.314 e. The van der Waals surface area contributed by atoms with Gasteiger partial charge in [-0.2, -0.15) is 0 Å². The van der Waals surface area contributed by atoms with Crippen molar-refractivity contribution in [3.8, 4) is 0 Å². The van der Waals surface area contributed by atoms with Gasteiger partial charge < -0.3 is 5.32 Å². The van der Waals surface area contributed by atoms with Crippen molar-refractivity contribution in [2.45, 2.75) is 58.9 Å². The molecule has 1 aliphatic rings. The SMILES string of the molecule is C=C(C)CCNC1CCC(C)(C)CC1. The van der Waals surface area contributed by atoms with Crippen LogP contribution in [0.15, 0.2) is 12.2 Å². The number of rotatable bonds is 4. The van der Waals surface area contributed by atoms with Crippen LogP contribution in [0.4, 0.5) is 0 Å². The third-order valence-electron chi connectivity index (χ3n) is 3.32. The zero-order chi connectivity index (χ0) is 10.6. The fraction of sp³-hybridized carbons (Fsp3) is 0.846. The van der Waals surface area contributed by atoms with Crippen LogP contribution in [0.1, 0.15) is 52.9 Å². The van der Waals surface area contributed by atoms with Gasteiger partial charge in [0.1, 0.15) is 0 Å². The molecule has 14 heavy (non-hydrogen) atoms. The maximum absolute atomic E-state index is 3.92. The van der Waals surface area contributed by atoms with E-state index >= 15 is 0 Å². The van der Waals surface area contributed by atoms with Crippen LogP contribution in [0.2, 0.25) is 0 Å². The second-order valence-corrected chi connectivity index (χ2v) is 5.60. The van der Waals surface area contributed by atoms with Gasteiger partial charge in [0.05, 0.1) is 0 Å². The van der Waals surface area contributed by atoms with E-state index in [9.17, 15) is 0 Å². The molecule has 0 radical (unpaired) electrons. The van der Waals surface area contributed by atoms with Gasteiger partial charge in [0.2, 0.25) is 0 Å². The maximum Gasteiger partial charge on any atom is 0.00675 e. The highest BCUT2D eigenvalue weighted by molar-refractivity contribution is 4.89. The summed E-state index contributed by atoms with van der Waals surface area (Å²) in [4.78, 5) is 0. The molecule has 0 saturated heterocycles. The highest BCUT2D eigenvalue weighted by atomic mass is 14.9. The normalized spacial score (nSPS) is 22.2. The first-order chi connectivity index (χ1) is 6.49. The van der Waals surface area contributed by atoms with E-state index in [1.165, 1.54) is 31.3 Å². The Balaban J connectivity index is 2.13. The Labute approximate surface area is 89.0 Å². The quantitative estimate of drug-likeness (QED) is 0.677. The molecule has 1 nitrogen and oxygen atoms in total. The second-order valence-electron chi connectivity index (χ2n) is 5.60. The van der Waals surface area contributed by atoms with Crippen molar-refractivity contribution in [1.29, 1.82) is 0 Å². The Morgan fingerprint density at radius 3 is 2.43 bits per heavy atom.